The van der Waals surface area contributed by atoms with Crippen LogP contribution in [-0.2, 0) is 6.54 Å². The van der Waals surface area contributed by atoms with Gasteiger partial charge in [-0.2, -0.15) is 4.98 Å². The summed E-state index contributed by atoms with van der Waals surface area (Å²) in [6, 6.07) is 0.927. The molecule has 3 aromatic rings. The lowest BCUT2D eigenvalue weighted by Crippen LogP contribution is -2.46. The Kier molecular flexibility index (Phi) is 2.66. The highest BCUT2D eigenvalue weighted by molar-refractivity contribution is 5.64. The number of aryl methyl sites for hydroxylation is 1. The molecule has 2 bridgehead atoms. The van der Waals surface area contributed by atoms with Gasteiger partial charge in [-0.3, -0.25) is 9.30 Å². The van der Waals surface area contributed by atoms with E-state index < -0.39 is 0 Å². The third kappa shape index (κ3) is 2.00. The summed E-state index contributed by atoms with van der Waals surface area (Å²) in [6.45, 7) is 4.48. The number of aromatic nitrogens is 6. The summed E-state index contributed by atoms with van der Waals surface area (Å²) in [5, 5.41) is 12.0. The summed E-state index contributed by atoms with van der Waals surface area (Å²) < 4.78 is 7.15. The third-order valence-corrected chi connectivity index (χ3v) is 4.73. The Bertz CT molecular complexity index is 857. The summed E-state index contributed by atoms with van der Waals surface area (Å²) in [4.78, 5) is 13.6. The second-order valence-corrected chi connectivity index (χ2v) is 6.17. The normalized spacial score (nSPS) is 24.1. The summed E-state index contributed by atoms with van der Waals surface area (Å²) in [5.74, 6) is 2.30. The van der Waals surface area contributed by atoms with Crippen LogP contribution in [0.3, 0.4) is 0 Å². The molecule has 0 aromatic carbocycles. The van der Waals surface area contributed by atoms with Gasteiger partial charge in [0.25, 0.3) is 0 Å². The lowest BCUT2D eigenvalue weighted by atomic mass is 10.2. The predicted octanol–water partition coefficient (Wildman–Crippen LogP) is 0.279. The molecule has 2 aliphatic rings. The number of nitrogens with zero attached hydrogens (tertiary/aromatic N) is 8. The molecule has 0 spiro atoms. The quantitative estimate of drug-likeness (QED) is 0.681. The standard InChI is InChI=1S/C14H16N8O/c1-9-17-12(23-19-9)7-21-5-11-4-10(21)6-22(11)13-14-18-16-8-20(14)3-2-15-13/h2-3,8,10-11H,4-7H2,1H3. The Balaban J connectivity index is 1.37. The van der Waals surface area contributed by atoms with E-state index in [-0.39, 0.29) is 0 Å². The van der Waals surface area contributed by atoms with Gasteiger partial charge in [-0.05, 0) is 13.3 Å². The molecule has 2 aliphatic heterocycles. The molecule has 5 heterocycles. The van der Waals surface area contributed by atoms with E-state index in [0.717, 1.165) is 37.5 Å². The number of fused-ring (bicyclic) bond motifs is 3. The molecule has 5 rings (SSSR count). The van der Waals surface area contributed by atoms with Crippen LogP contribution in [0.2, 0.25) is 0 Å². The first kappa shape index (κ1) is 12.9. The molecule has 2 saturated heterocycles. The maximum Gasteiger partial charge on any atom is 0.240 e. The fourth-order valence-electron chi connectivity index (χ4n) is 3.73. The van der Waals surface area contributed by atoms with Gasteiger partial charge in [0.05, 0.1) is 6.54 Å². The topological polar surface area (TPSA) is 88.5 Å². The lowest BCUT2D eigenvalue weighted by Gasteiger charge is -2.34. The van der Waals surface area contributed by atoms with E-state index in [9.17, 15) is 0 Å². The zero-order valence-corrected chi connectivity index (χ0v) is 12.7. The van der Waals surface area contributed by atoms with Crippen molar-refractivity contribution in [2.24, 2.45) is 0 Å². The van der Waals surface area contributed by atoms with Gasteiger partial charge in [0.2, 0.25) is 11.5 Å². The number of hydrogen-bond acceptors (Lipinski definition) is 8. The number of anilines is 1. The van der Waals surface area contributed by atoms with Crippen LogP contribution >= 0.6 is 0 Å². The molecule has 2 fully saturated rings. The molecule has 0 N–H and O–H groups in total. The molecule has 9 nitrogen and oxygen atoms in total. The fourth-order valence-corrected chi connectivity index (χ4v) is 3.73. The minimum Gasteiger partial charge on any atom is -0.348 e. The molecule has 0 amide bonds. The Hall–Kier alpha value is -2.55. The lowest BCUT2D eigenvalue weighted by molar-refractivity contribution is 0.199. The summed E-state index contributed by atoms with van der Waals surface area (Å²) in [6.07, 6.45) is 6.51. The van der Waals surface area contributed by atoms with Gasteiger partial charge in [0.15, 0.2) is 11.6 Å². The molecular weight excluding hydrogens is 296 g/mol. The Morgan fingerprint density at radius 1 is 1.30 bits per heavy atom. The van der Waals surface area contributed by atoms with Gasteiger partial charge in [-0.1, -0.05) is 5.16 Å². The monoisotopic (exact) mass is 312 g/mol. The highest BCUT2D eigenvalue weighted by atomic mass is 16.5. The minimum absolute atomic E-state index is 0.444. The predicted molar refractivity (Wildman–Crippen MR) is 79.8 cm³/mol. The zero-order valence-electron chi connectivity index (χ0n) is 12.7. The molecule has 9 heteroatoms. The van der Waals surface area contributed by atoms with Gasteiger partial charge in [-0.15, -0.1) is 10.2 Å². The van der Waals surface area contributed by atoms with Crippen LogP contribution in [0.25, 0.3) is 5.65 Å². The maximum atomic E-state index is 5.24. The molecule has 2 unspecified atom stereocenters. The minimum atomic E-state index is 0.444. The Morgan fingerprint density at radius 2 is 2.26 bits per heavy atom. The molecule has 0 saturated carbocycles. The zero-order chi connectivity index (χ0) is 15.4. The van der Waals surface area contributed by atoms with Crippen molar-refractivity contribution >= 4 is 11.5 Å². The van der Waals surface area contributed by atoms with Crippen molar-refractivity contribution in [1.29, 1.82) is 0 Å². The average Bonchev–Trinajstić information content (AvgIpc) is 3.30. The van der Waals surface area contributed by atoms with Crippen molar-refractivity contribution in [2.45, 2.75) is 32.0 Å². The second kappa shape index (κ2) is 4.72. The van der Waals surface area contributed by atoms with Crippen LogP contribution in [0.4, 0.5) is 5.82 Å². The van der Waals surface area contributed by atoms with Gasteiger partial charge in [0.1, 0.15) is 6.33 Å². The molecular formula is C14H16N8O. The van der Waals surface area contributed by atoms with Crippen molar-refractivity contribution in [1.82, 2.24) is 34.6 Å². The van der Waals surface area contributed by atoms with Gasteiger partial charge < -0.3 is 9.42 Å². The highest BCUT2D eigenvalue weighted by Crippen LogP contribution is 2.35. The van der Waals surface area contributed by atoms with Gasteiger partial charge in [0, 0.05) is 37.6 Å². The van der Waals surface area contributed by atoms with E-state index in [2.05, 4.69) is 35.1 Å². The average molecular weight is 312 g/mol. The van der Waals surface area contributed by atoms with Crippen LogP contribution in [-0.4, -0.2) is 59.8 Å². The van der Waals surface area contributed by atoms with Crippen LogP contribution in [0.5, 0.6) is 0 Å². The first-order valence-electron chi connectivity index (χ1n) is 7.72. The van der Waals surface area contributed by atoms with Crippen molar-refractivity contribution in [2.75, 3.05) is 18.0 Å². The van der Waals surface area contributed by atoms with E-state index in [1.165, 1.54) is 0 Å². The molecule has 0 aliphatic carbocycles. The van der Waals surface area contributed by atoms with Crippen LogP contribution in [0.15, 0.2) is 23.2 Å². The van der Waals surface area contributed by atoms with Crippen LogP contribution in [0, 0.1) is 6.92 Å². The molecule has 2 atom stereocenters. The van der Waals surface area contributed by atoms with Crippen molar-refractivity contribution in [3.8, 4) is 0 Å². The molecule has 0 radical (unpaired) electrons. The van der Waals surface area contributed by atoms with E-state index in [4.69, 9.17) is 4.52 Å². The van der Waals surface area contributed by atoms with Gasteiger partial charge >= 0.3 is 0 Å². The number of likely N-dealkylation sites (tertiary alicyclic amines) is 1. The fraction of sp³-hybridized carbons (Fsp3) is 0.500. The van der Waals surface area contributed by atoms with Crippen molar-refractivity contribution < 1.29 is 4.52 Å². The van der Waals surface area contributed by atoms with Crippen LogP contribution < -0.4 is 4.90 Å². The van der Waals surface area contributed by atoms with E-state index in [0.29, 0.717) is 23.8 Å². The van der Waals surface area contributed by atoms with Crippen molar-refractivity contribution in [3.63, 3.8) is 0 Å². The summed E-state index contributed by atoms with van der Waals surface area (Å²) in [5.41, 5.74) is 0.819. The van der Waals surface area contributed by atoms with Crippen molar-refractivity contribution in [3.05, 3.63) is 30.4 Å². The summed E-state index contributed by atoms with van der Waals surface area (Å²) in [7, 11) is 0. The molecule has 3 aromatic heterocycles. The Morgan fingerprint density at radius 3 is 3.04 bits per heavy atom. The highest BCUT2D eigenvalue weighted by Gasteiger charge is 2.44. The van der Waals surface area contributed by atoms with E-state index >= 15 is 0 Å². The smallest absolute Gasteiger partial charge is 0.240 e. The Labute approximate surface area is 131 Å². The largest absolute Gasteiger partial charge is 0.348 e. The number of rotatable bonds is 3. The van der Waals surface area contributed by atoms with E-state index in [1.54, 1.807) is 12.5 Å². The summed E-state index contributed by atoms with van der Waals surface area (Å²) >= 11 is 0. The maximum absolute atomic E-state index is 5.24. The molecule has 118 valence electrons. The SMILES string of the molecule is Cc1noc(CN2CC3CC2CN3c2nccn3cnnc23)n1. The number of hydrogen-bond donors (Lipinski definition) is 0. The number of piperazine rings is 1. The molecule has 23 heavy (non-hydrogen) atoms. The van der Waals surface area contributed by atoms with E-state index in [1.807, 2.05) is 17.5 Å². The second-order valence-electron chi connectivity index (χ2n) is 6.17. The first-order chi connectivity index (χ1) is 11.3. The first-order valence-corrected chi connectivity index (χ1v) is 7.72. The van der Waals surface area contributed by atoms with Crippen LogP contribution in [0.1, 0.15) is 18.1 Å². The van der Waals surface area contributed by atoms with Gasteiger partial charge in [-0.25, -0.2) is 4.98 Å². The third-order valence-electron chi connectivity index (χ3n) is 4.73.